The normalized spacial score (nSPS) is 35.9. The van der Waals surface area contributed by atoms with Crippen LogP contribution in [0.4, 0.5) is 0 Å². The molecule has 3 rings (SSSR count). The molecular formula is C30H49O6P. The van der Waals surface area contributed by atoms with Crippen molar-refractivity contribution < 1.29 is 28.9 Å². The van der Waals surface area contributed by atoms with E-state index in [1.807, 2.05) is 13.8 Å². The molecule has 3 unspecified atom stereocenters. The second kappa shape index (κ2) is 12.4. The van der Waals surface area contributed by atoms with Crippen LogP contribution in [0, 0.1) is 29.1 Å². The molecule has 0 amide bonds. The van der Waals surface area contributed by atoms with Crippen molar-refractivity contribution >= 4 is 7.60 Å². The van der Waals surface area contributed by atoms with Crippen molar-refractivity contribution in [3.63, 3.8) is 0 Å². The van der Waals surface area contributed by atoms with E-state index in [-0.39, 0.29) is 17.3 Å². The fraction of sp³-hybridized carbons (Fsp3) is 0.733. The Morgan fingerprint density at radius 3 is 2.41 bits per heavy atom. The van der Waals surface area contributed by atoms with E-state index in [1.165, 1.54) is 26.2 Å². The topological polar surface area (TPSA) is 96.2 Å². The fourth-order valence-electron chi connectivity index (χ4n) is 7.41. The molecule has 0 radical (unpaired) electrons. The number of hydrogen-bond acceptors (Lipinski definition) is 6. The van der Waals surface area contributed by atoms with Crippen LogP contribution < -0.4 is 0 Å². The summed E-state index contributed by atoms with van der Waals surface area (Å²) in [5.41, 5.74) is 2.69. The van der Waals surface area contributed by atoms with Crippen LogP contribution in [0.15, 0.2) is 47.6 Å². The quantitative estimate of drug-likeness (QED) is 0.240. The van der Waals surface area contributed by atoms with Gasteiger partial charge in [-0.3, -0.25) is 4.57 Å². The highest BCUT2D eigenvalue weighted by Gasteiger charge is 2.50. The van der Waals surface area contributed by atoms with Gasteiger partial charge in [0.2, 0.25) is 0 Å². The zero-order chi connectivity index (χ0) is 27.5. The lowest BCUT2D eigenvalue weighted by Crippen LogP contribution is -2.36. The SMILES string of the molecule is C=C1/C(=C/C=C2/CCC[C@]3(C)C(C(C)/C=C/[C@H](O)C(C(C)C)P(=O)(OC)OC)CC[C@@H]23)C[C@@H](O)C[C@@H]1O. The number of rotatable bonds is 9. The van der Waals surface area contributed by atoms with Gasteiger partial charge in [-0.2, -0.15) is 0 Å². The Hall–Kier alpha value is -1.01. The van der Waals surface area contributed by atoms with E-state index in [0.717, 1.165) is 36.8 Å². The fourth-order valence-corrected chi connectivity index (χ4v) is 9.25. The minimum atomic E-state index is -3.42. The molecule has 0 bridgehead atoms. The van der Waals surface area contributed by atoms with Crippen LogP contribution in [0.25, 0.3) is 0 Å². The molecule has 8 atom stereocenters. The second-order valence-corrected chi connectivity index (χ2v) is 14.4. The smallest absolute Gasteiger partial charge is 0.336 e. The van der Waals surface area contributed by atoms with Gasteiger partial charge in [-0.05, 0) is 78.8 Å². The van der Waals surface area contributed by atoms with E-state index in [1.54, 1.807) is 6.08 Å². The Balaban J connectivity index is 1.76. The van der Waals surface area contributed by atoms with Crippen LogP contribution in [-0.2, 0) is 13.6 Å². The molecule has 7 heteroatoms. The van der Waals surface area contributed by atoms with Crippen LogP contribution in [-0.4, -0.2) is 53.5 Å². The maximum atomic E-state index is 13.1. The standard InChI is InChI=1S/C30H49O6P/c1-19(2)29(37(34,35-6)36-7)27(32)15-10-20(3)25-13-14-26-22(9-8-16-30(25,26)5)11-12-23-17-24(31)18-28(33)21(23)4/h10-12,15,19-20,24-29,31-33H,4,8-9,13-14,16-18H2,1-3,5-7H3/b15-10+,22-11-,23-12+/t20?,24-,25?,26+,27+,28+,29?,30-/m1/s1. The summed E-state index contributed by atoms with van der Waals surface area (Å²) in [5, 5.41) is 31.3. The average molecular weight is 537 g/mol. The highest BCUT2D eigenvalue weighted by atomic mass is 31.2. The Kier molecular flexibility index (Phi) is 10.3. The minimum absolute atomic E-state index is 0.0725. The lowest BCUT2D eigenvalue weighted by atomic mass is 9.61. The minimum Gasteiger partial charge on any atom is -0.393 e. The molecule has 0 heterocycles. The summed E-state index contributed by atoms with van der Waals surface area (Å²) in [5.74, 6) is 1.18. The largest absolute Gasteiger partial charge is 0.393 e. The lowest BCUT2D eigenvalue weighted by molar-refractivity contribution is 0.0862. The van der Waals surface area contributed by atoms with Crippen molar-refractivity contribution in [2.45, 2.75) is 96.6 Å². The third kappa shape index (κ3) is 6.42. The summed E-state index contributed by atoms with van der Waals surface area (Å²) in [7, 11) is -0.674. The molecule has 3 saturated carbocycles. The van der Waals surface area contributed by atoms with Gasteiger partial charge in [0.05, 0.1) is 24.0 Å². The molecule has 0 spiro atoms. The zero-order valence-corrected chi connectivity index (χ0v) is 24.5. The first-order valence-electron chi connectivity index (χ1n) is 13.9. The van der Waals surface area contributed by atoms with Gasteiger partial charge in [0.1, 0.15) is 0 Å². The molecule has 0 aromatic rings. The Labute approximate surface area is 224 Å². The van der Waals surface area contributed by atoms with Crippen LogP contribution in [0.2, 0.25) is 0 Å². The first-order valence-corrected chi connectivity index (χ1v) is 15.5. The monoisotopic (exact) mass is 536 g/mol. The summed E-state index contributed by atoms with van der Waals surface area (Å²) < 4.78 is 23.5. The van der Waals surface area contributed by atoms with E-state index >= 15 is 0 Å². The molecule has 0 saturated heterocycles. The molecular weight excluding hydrogens is 487 g/mol. The maximum Gasteiger partial charge on any atom is 0.336 e. The van der Waals surface area contributed by atoms with Crippen molar-refractivity contribution in [2.24, 2.45) is 29.1 Å². The Morgan fingerprint density at radius 1 is 1.11 bits per heavy atom. The molecule has 6 nitrogen and oxygen atoms in total. The number of allylic oxidation sites excluding steroid dienone is 4. The second-order valence-electron chi connectivity index (χ2n) is 12.0. The van der Waals surface area contributed by atoms with Crippen molar-refractivity contribution in [1.82, 2.24) is 0 Å². The summed E-state index contributed by atoms with van der Waals surface area (Å²) in [4.78, 5) is 0. The van der Waals surface area contributed by atoms with Crippen molar-refractivity contribution in [2.75, 3.05) is 14.2 Å². The lowest BCUT2D eigenvalue weighted by Gasteiger charge is -2.44. The number of fused-ring (bicyclic) bond motifs is 1. The maximum absolute atomic E-state index is 13.1. The van der Waals surface area contributed by atoms with Crippen LogP contribution >= 0.6 is 7.60 Å². The zero-order valence-electron chi connectivity index (χ0n) is 23.6. The summed E-state index contributed by atoms with van der Waals surface area (Å²) >= 11 is 0. The van der Waals surface area contributed by atoms with E-state index in [4.69, 9.17) is 9.05 Å². The number of aliphatic hydroxyl groups is 3. The molecule has 3 fully saturated rings. The molecule has 0 aromatic heterocycles. The van der Waals surface area contributed by atoms with Crippen molar-refractivity contribution in [1.29, 1.82) is 0 Å². The Morgan fingerprint density at radius 2 is 1.78 bits per heavy atom. The molecule has 0 aromatic carbocycles. The molecule has 210 valence electrons. The van der Waals surface area contributed by atoms with Gasteiger partial charge >= 0.3 is 7.60 Å². The van der Waals surface area contributed by atoms with Crippen molar-refractivity contribution in [3.05, 3.63) is 47.6 Å². The van der Waals surface area contributed by atoms with E-state index in [2.05, 4.69) is 38.7 Å². The number of hydrogen-bond donors (Lipinski definition) is 3. The summed E-state index contributed by atoms with van der Waals surface area (Å²) in [6.07, 6.45) is 12.7. The van der Waals surface area contributed by atoms with Gasteiger partial charge in [0, 0.05) is 20.6 Å². The third-order valence-corrected chi connectivity index (χ3v) is 12.1. The highest BCUT2D eigenvalue weighted by molar-refractivity contribution is 7.54. The van der Waals surface area contributed by atoms with Gasteiger partial charge in [-0.15, -0.1) is 0 Å². The van der Waals surface area contributed by atoms with Crippen LogP contribution in [0.5, 0.6) is 0 Å². The van der Waals surface area contributed by atoms with E-state index in [0.29, 0.717) is 24.7 Å². The molecule has 3 aliphatic carbocycles. The van der Waals surface area contributed by atoms with E-state index < -0.39 is 31.6 Å². The highest BCUT2D eigenvalue weighted by Crippen LogP contribution is 2.60. The van der Waals surface area contributed by atoms with Crippen molar-refractivity contribution in [3.8, 4) is 0 Å². The van der Waals surface area contributed by atoms with Gasteiger partial charge < -0.3 is 24.4 Å². The summed E-state index contributed by atoms with van der Waals surface area (Å²) in [6, 6.07) is 0. The molecule has 3 aliphatic rings. The number of aliphatic hydroxyl groups excluding tert-OH is 3. The predicted molar refractivity (Wildman–Crippen MR) is 149 cm³/mol. The van der Waals surface area contributed by atoms with Gasteiger partial charge in [0.15, 0.2) is 0 Å². The van der Waals surface area contributed by atoms with Crippen LogP contribution in [0.1, 0.15) is 72.6 Å². The average Bonchev–Trinajstić information content (AvgIpc) is 3.21. The third-order valence-electron chi connectivity index (χ3n) is 9.46. The summed E-state index contributed by atoms with van der Waals surface area (Å²) in [6.45, 7) is 12.6. The first kappa shape index (κ1) is 30.5. The molecule has 37 heavy (non-hydrogen) atoms. The molecule has 0 aliphatic heterocycles. The van der Waals surface area contributed by atoms with Gasteiger partial charge in [0.25, 0.3) is 0 Å². The van der Waals surface area contributed by atoms with Crippen LogP contribution in [0.3, 0.4) is 0 Å². The first-order chi connectivity index (χ1) is 17.4. The predicted octanol–water partition coefficient (Wildman–Crippen LogP) is 6.19. The van der Waals surface area contributed by atoms with Gasteiger partial charge in [-0.25, -0.2) is 0 Å². The van der Waals surface area contributed by atoms with Gasteiger partial charge in [-0.1, -0.05) is 64.2 Å². The van der Waals surface area contributed by atoms with E-state index in [9.17, 15) is 19.9 Å². The Bertz CT molecular complexity index is 944. The molecule has 3 N–H and O–H groups in total.